The van der Waals surface area contributed by atoms with Crippen molar-refractivity contribution < 1.29 is 9.53 Å². The quantitative estimate of drug-likeness (QED) is 0.133. The van der Waals surface area contributed by atoms with Crippen LogP contribution in [0.25, 0.3) is 11.4 Å². The molecule has 0 bridgehead atoms. The predicted molar refractivity (Wildman–Crippen MR) is 149 cm³/mol. The van der Waals surface area contributed by atoms with Crippen molar-refractivity contribution in [3.05, 3.63) is 42.2 Å². The van der Waals surface area contributed by atoms with Gasteiger partial charge in [0.05, 0.1) is 5.92 Å². The van der Waals surface area contributed by atoms with Gasteiger partial charge in [0.25, 0.3) is 0 Å². The minimum atomic E-state index is -0.0712. The van der Waals surface area contributed by atoms with Crippen molar-refractivity contribution in [2.24, 2.45) is 11.8 Å². The van der Waals surface area contributed by atoms with E-state index in [0.717, 1.165) is 43.6 Å². The number of esters is 1. The molecular formula is C32H48N2O2. The summed E-state index contributed by atoms with van der Waals surface area (Å²) < 4.78 is 5.72. The number of rotatable bonds is 16. The molecule has 0 aliphatic heterocycles. The van der Waals surface area contributed by atoms with Crippen LogP contribution in [0.2, 0.25) is 0 Å². The fourth-order valence-corrected chi connectivity index (χ4v) is 5.34. The highest BCUT2D eigenvalue weighted by Crippen LogP contribution is 2.33. The maximum absolute atomic E-state index is 12.7. The Bertz CT molecular complexity index is 855. The number of hydrogen-bond donors (Lipinski definition) is 0. The molecular weight excluding hydrogens is 444 g/mol. The maximum Gasteiger partial charge on any atom is 0.314 e. The molecule has 1 saturated carbocycles. The van der Waals surface area contributed by atoms with Crippen molar-refractivity contribution in [3.63, 3.8) is 0 Å². The average molecular weight is 493 g/mol. The molecule has 1 aromatic carbocycles. The Kier molecular flexibility index (Phi) is 13.0. The summed E-state index contributed by atoms with van der Waals surface area (Å²) in [6, 6.07) is 7.62. The van der Waals surface area contributed by atoms with Gasteiger partial charge < -0.3 is 4.74 Å². The lowest BCUT2D eigenvalue weighted by molar-refractivity contribution is -0.140. The number of aromatic nitrogens is 2. The van der Waals surface area contributed by atoms with Gasteiger partial charge in [0.15, 0.2) is 5.82 Å². The first kappa shape index (κ1) is 28.3. The molecule has 0 radical (unpaired) electrons. The van der Waals surface area contributed by atoms with Gasteiger partial charge in [-0.05, 0) is 74.3 Å². The van der Waals surface area contributed by atoms with E-state index in [9.17, 15) is 4.79 Å². The number of unbranched alkanes of at least 4 members (excludes halogenated alkanes) is 9. The maximum atomic E-state index is 12.7. The minimum Gasteiger partial charge on any atom is -0.426 e. The van der Waals surface area contributed by atoms with Crippen LogP contribution in [0.1, 0.15) is 122 Å². The number of hydrogen-bond acceptors (Lipinski definition) is 4. The lowest BCUT2D eigenvalue weighted by atomic mass is 9.80. The van der Waals surface area contributed by atoms with E-state index in [-0.39, 0.29) is 11.9 Å². The van der Waals surface area contributed by atoms with E-state index in [1.165, 1.54) is 82.6 Å². The molecule has 198 valence electrons. The van der Waals surface area contributed by atoms with Crippen LogP contribution in [0.3, 0.4) is 0 Å². The van der Waals surface area contributed by atoms with Crippen LogP contribution in [-0.2, 0) is 11.2 Å². The van der Waals surface area contributed by atoms with Gasteiger partial charge in [-0.2, -0.15) is 0 Å². The van der Waals surface area contributed by atoms with E-state index < -0.39 is 0 Å². The highest BCUT2D eigenvalue weighted by molar-refractivity contribution is 5.75. The van der Waals surface area contributed by atoms with Crippen molar-refractivity contribution in [1.29, 1.82) is 0 Å². The van der Waals surface area contributed by atoms with Crippen LogP contribution in [0, 0.1) is 11.8 Å². The molecule has 1 aliphatic carbocycles. The Morgan fingerprint density at radius 2 is 1.36 bits per heavy atom. The van der Waals surface area contributed by atoms with Crippen LogP contribution < -0.4 is 4.74 Å². The van der Waals surface area contributed by atoms with Crippen LogP contribution in [0.4, 0.5) is 0 Å². The summed E-state index contributed by atoms with van der Waals surface area (Å²) in [4.78, 5) is 21.8. The minimum absolute atomic E-state index is 0.0452. The molecule has 1 aromatic heterocycles. The molecule has 0 N–H and O–H groups in total. The number of ether oxygens (including phenoxy) is 1. The molecule has 1 fully saturated rings. The van der Waals surface area contributed by atoms with E-state index in [1.54, 1.807) is 0 Å². The SMILES string of the molecule is CCCCCCCCCc1cnc(-c2ccc(OC(=O)C3CCC(CCCCCC)CC3)cc2)nc1. The normalized spacial score (nSPS) is 17.7. The Labute approximate surface area is 219 Å². The molecule has 0 spiro atoms. The zero-order valence-corrected chi connectivity index (χ0v) is 22.9. The van der Waals surface area contributed by atoms with Gasteiger partial charge in [-0.25, -0.2) is 9.97 Å². The standard InChI is InChI=1S/C32H48N2O2/c1-3-5-7-9-10-11-13-15-27-24-33-31(34-25-27)28-20-22-30(23-21-28)36-32(35)29-18-16-26(17-19-29)14-12-8-6-4-2/h20-26,29H,3-19H2,1-2H3. The van der Waals surface area contributed by atoms with Crippen LogP contribution in [0.15, 0.2) is 36.7 Å². The Balaban J connectivity index is 1.37. The highest BCUT2D eigenvalue weighted by Gasteiger charge is 2.27. The summed E-state index contributed by atoms with van der Waals surface area (Å²) in [6.45, 7) is 4.52. The van der Waals surface area contributed by atoms with Crippen molar-refractivity contribution in [2.75, 3.05) is 0 Å². The second-order valence-electron chi connectivity index (χ2n) is 10.8. The smallest absolute Gasteiger partial charge is 0.314 e. The second kappa shape index (κ2) is 16.5. The molecule has 0 saturated heterocycles. The van der Waals surface area contributed by atoms with E-state index in [2.05, 4.69) is 23.8 Å². The van der Waals surface area contributed by atoms with E-state index in [0.29, 0.717) is 11.6 Å². The fraction of sp³-hybridized carbons (Fsp3) is 0.656. The summed E-state index contributed by atoms with van der Waals surface area (Å²) in [5.41, 5.74) is 2.15. The Morgan fingerprint density at radius 1 is 0.778 bits per heavy atom. The van der Waals surface area contributed by atoms with Crippen LogP contribution in [0.5, 0.6) is 5.75 Å². The van der Waals surface area contributed by atoms with Gasteiger partial charge in [0, 0.05) is 18.0 Å². The summed E-state index contributed by atoms with van der Waals surface area (Å²) in [7, 11) is 0. The fourth-order valence-electron chi connectivity index (χ4n) is 5.34. The van der Waals surface area contributed by atoms with Gasteiger partial charge in [-0.15, -0.1) is 0 Å². The topological polar surface area (TPSA) is 52.1 Å². The third-order valence-corrected chi connectivity index (χ3v) is 7.75. The van der Waals surface area contributed by atoms with Crippen molar-refractivity contribution in [1.82, 2.24) is 9.97 Å². The average Bonchev–Trinajstić information content (AvgIpc) is 2.92. The number of nitrogens with zero attached hydrogens (tertiary/aromatic N) is 2. The molecule has 3 rings (SSSR count). The van der Waals surface area contributed by atoms with Crippen LogP contribution in [-0.4, -0.2) is 15.9 Å². The summed E-state index contributed by atoms with van der Waals surface area (Å²) in [5, 5.41) is 0. The molecule has 4 heteroatoms. The van der Waals surface area contributed by atoms with E-state index in [1.807, 2.05) is 36.7 Å². The molecule has 0 amide bonds. The largest absolute Gasteiger partial charge is 0.426 e. The summed E-state index contributed by atoms with van der Waals surface area (Å²) in [5.74, 6) is 2.10. The summed E-state index contributed by atoms with van der Waals surface area (Å²) in [6.07, 6.45) is 25.1. The van der Waals surface area contributed by atoms with Crippen molar-refractivity contribution in [2.45, 2.75) is 123 Å². The lowest BCUT2D eigenvalue weighted by Crippen LogP contribution is -2.25. The third-order valence-electron chi connectivity index (χ3n) is 7.75. The molecule has 2 aromatic rings. The zero-order valence-electron chi connectivity index (χ0n) is 22.9. The number of carbonyl (C=O) groups is 1. The van der Waals surface area contributed by atoms with Crippen molar-refractivity contribution >= 4 is 5.97 Å². The summed E-state index contributed by atoms with van der Waals surface area (Å²) >= 11 is 0. The number of aryl methyl sites for hydroxylation is 1. The van der Waals surface area contributed by atoms with Crippen molar-refractivity contribution in [3.8, 4) is 17.1 Å². The van der Waals surface area contributed by atoms with Gasteiger partial charge in [-0.3, -0.25) is 4.79 Å². The number of carbonyl (C=O) groups excluding carboxylic acids is 1. The first-order valence-electron chi connectivity index (χ1n) is 14.8. The Hall–Kier alpha value is -2.23. The van der Waals surface area contributed by atoms with E-state index in [4.69, 9.17) is 4.74 Å². The molecule has 4 nitrogen and oxygen atoms in total. The Morgan fingerprint density at radius 3 is 2.00 bits per heavy atom. The van der Waals surface area contributed by atoms with Gasteiger partial charge in [0.2, 0.25) is 0 Å². The molecule has 1 heterocycles. The highest BCUT2D eigenvalue weighted by atomic mass is 16.5. The third kappa shape index (κ3) is 10.0. The first-order chi connectivity index (χ1) is 17.7. The second-order valence-corrected chi connectivity index (χ2v) is 10.8. The monoisotopic (exact) mass is 492 g/mol. The predicted octanol–water partition coefficient (Wildman–Crippen LogP) is 9.12. The molecule has 1 aliphatic rings. The molecule has 0 unspecified atom stereocenters. The zero-order chi connectivity index (χ0) is 25.4. The first-order valence-corrected chi connectivity index (χ1v) is 14.8. The van der Waals surface area contributed by atoms with Gasteiger partial charge >= 0.3 is 5.97 Å². The van der Waals surface area contributed by atoms with Crippen LogP contribution >= 0.6 is 0 Å². The number of benzene rings is 1. The van der Waals surface area contributed by atoms with Gasteiger partial charge in [0.1, 0.15) is 5.75 Å². The van der Waals surface area contributed by atoms with Gasteiger partial charge in [-0.1, -0.05) is 84.5 Å². The molecule has 0 atom stereocenters. The van der Waals surface area contributed by atoms with E-state index >= 15 is 0 Å². The molecule has 36 heavy (non-hydrogen) atoms. The lowest BCUT2D eigenvalue weighted by Gasteiger charge is -2.27.